The van der Waals surface area contributed by atoms with E-state index in [1.165, 1.54) is 24.0 Å². The lowest BCUT2D eigenvalue weighted by molar-refractivity contribution is -0.121. The standard InChI is InChI=1S/C16H20O2/c1-11(2)15(17)10-16(18)14-8-7-12-5-3-4-6-13(12)9-14/h7-9,11H,3-6,10H2,1-2H3. The van der Waals surface area contributed by atoms with Gasteiger partial charge in [-0.05, 0) is 42.9 Å². The van der Waals surface area contributed by atoms with Gasteiger partial charge in [-0.3, -0.25) is 9.59 Å². The van der Waals surface area contributed by atoms with Crippen molar-refractivity contribution in [2.24, 2.45) is 5.92 Å². The van der Waals surface area contributed by atoms with Gasteiger partial charge < -0.3 is 0 Å². The Bertz CT molecular complexity index is 472. The van der Waals surface area contributed by atoms with Crippen molar-refractivity contribution in [3.05, 3.63) is 34.9 Å². The number of Topliss-reactive ketones (excluding diaryl/α,β-unsaturated/α-hetero) is 2. The molecule has 1 aliphatic carbocycles. The van der Waals surface area contributed by atoms with Crippen LogP contribution in [-0.4, -0.2) is 11.6 Å². The van der Waals surface area contributed by atoms with E-state index in [0.29, 0.717) is 5.56 Å². The van der Waals surface area contributed by atoms with Gasteiger partial charge in [0.2, 0.25) is 0 Å². The topological polar surface area (TPSA) is 34.1 Å². The molecule has 0 atom stereocenters. The molecule has 0 saturated carbocycles. The Balaban J connectivity index is 2.13. The quantitative estimate of drug-likeness (QED) is 0.601. The molecule has 0 radical (unpaired) electrons. The van der Waals surface area contributed by atoms with Gasteiger partial charge in [-0.1, -0.05) is 26.0 Å². The van der Waals surface area contributed by atoms with E-state index in [0.717, 1.165) is 12.8 Å². The number of rotatable bonds is 4. The summed E-state index contributed by atoms with van der Waals surface area (Å²) in [7, 11) is 0. The summed E-state index contributed by atoms with van der Waals surface area (Å²) in [6.45, 7) is 3.67. The third-order valence-corrected chi connectivity index (χ3v) is 3.65. The van der Waals surface area contributed by atoms with Crippen LogP contribution in [0.15, 0.2) is 18.2 Å². The SMILES string of the molecule is CC(C)C(=O)CC(=O)c1ccc2c(c1)CCCC2. The van der Waals surface area contributed by atoms with E-state index < -0.39 is 0 Å². The lowest BCUT2D eigenvalue weighted by Crippen LogP contribution is -2.14. The monoisotopic (exact) mass is 244 g/mol. The number of benzene rings is 1. The van der Waals surface area contributed by atoms with E-state index in [4.69, 9.17) is 0 Å². The zero-order valence-electron chi connectivity index (χ0n) is 11.2. The van der Waals surface area contributed by atoms with Gasteiger partial charge in [0.15, 0.2) is 5.78 Å². The number of ketones is 2. The Morgan fingerprint density at radius 3 is 2.44 bits per heavy atom. The Hall–Kier alpha value is -1.44. The molecule has 2 rings (SSSR count). The number of carbonyl (C=O) groups is 2. The predicted molar refractivity (Wildman–Crippen MR) is 71.9 cm³/mol. The molecular formula is C16H20O2. The van der Waals surface area contributed by atoms with Crippen molar-refractivity contribution < 1.29 is 9.59 Å². The van der Waals surface area contributed by atoms with Crippen LogP contribution in [0.5, 0.6) is 0 Å². The highest BCUT2D eigenvalue weighted by molar-refractivity contribution is 6.08. The first-order valence-electron chi connectivity index (χ1n) is 6.75. The third-order valence-electron chi connectivity index (χ3n) is 3.65. The molecule has 0 amide bonds. The molecule has 0 aromatic heterocycles. The highest BCUT2D eigenvalue weighted by Gasteiger charge is 2.16. The Morgan fingerprint density at radius 2 is 1.78 bits per heavy atom. The first kappa shape index (κ1) is 13.0. The number of aryl methyl sites for hydroxylation is 2. The van der Waals surface area contributed by atoms with Crippen molar-refractivity contribution >= 4 is 11.6 Å². The van der Waals surface area contributed by atoms with Crippen LogP contribution in [0.3, 0.4) is 0 Å². The summed E-state index contributed by atoms with van der Waals surface area (Å²) in [5, 5.41) is 0. The summed E-state index contributed by atoms with van der Waals surface area (Å²) in [6, 6.07) is 5.92. The van der Waals surface area contributed by atoms with E-state index in [9.17, 15) is 9.59 Å². The normalized spacial score (nSPS) is 14.4. The molecule has 96 valence electrons. The maximum atomic E-state index is 12.0. The molecule has 0 fully saturated rings. The van der Waals surface area contributed by atoms with Crippen molar-refractivity contribution in [1.29, 1.82) is 0 Å². The van der Waals surface area contributed by atoms with Crippen LogP contribution in [0.1, 0.15) is 54.6 Å². The smallest absolute Gasteiger partial charge is 0.170 e. The van der Waals surface area contributed by atoms with Crippen molar-refractivity contribution in [2.45, 2.75) is 46.0 Å². The van der Waals surface area contributed by atoms with Gasteiger partial charge in [0.1, 0.15) is 5.78 Å². The van der Waals surface area contributed by atoms with E-state index in [-0.39, 0.29) is 23.9 Å². The molecule has 0 aliphatic heterocycles. The lowest BCUT2D eigenvalue weighted by atomic mass is 9.89. The van der Waals surface area contributed by atoms with Crippen LogP contribution in [0.25, 0.3) is 0 Å². The minimum absolute atomic E-state index is 0.0257. The number of fused-ring (bicyclic) bond motifs is 1. The molecule has 0 saturated heterocycles. The molecule has 1 aromatic rings. The maximum absolute atomic E-state index is 12.0. The summed E-state index contributed by atoms with van der Waals surface area (Å²) in [4.78, 5) is 23.6. The number of hydrogen-bond donors (Lipinski definition) is 0. The van der Waals surface area contributed by atoms with Gasteiger partial charge in [-0.25, -0.2) is 0 Å². The molecule has 1 aliphatic rings. The molecule has 0 bridgehead atoms. The first-order chi connectivity index (χ1) is 8.58. The van der Waals surface area contributed by atoms with Crippen LogP contribution < -0.4 is 0 Å². The van der Waals surface area contributed by atoms with Gasteiger partial charge in [-0.15, -0.1) is 0 Å². The summed E-state index contributed by atoms with van der Waals surface area (Å²) in [6.07, 6.45) is 4.67. The molecular weight excluding hydrogens is 224 g/mol. The molecule has 1 aromatic carbocycles. The van der Waals surface area contributed by atoms with Crippen LogP contribution in [0.2, 0.25) is 0 Å². The van der Waals surface area contributed by atoms with Crippen molar-refractivity contribution in [3.8, 4) is 0 Å². The first-order valence-corrected chi connectivity index (χ1v) is 6.75. The predicted octanol–water partition coefficient (Wildman–Crippen LogP) is 3.36. The molecule has 0 heterocycles. The van der Waals surface area contributed by atoms with Crippen molar-refractivity contribution in [2.75, 3.05) is 0 Å². The van der Waals surface area contributed by atoms with Crippen molar-refractivity contribution in [3.63, 3.8) is 0 Å². The molecule has 2 nitrogen and oxygen atoms in total. The van der Waals surface area contributed by atoms with Crippen LogP contribution in [0.4, 0.5) is 0 Å². The van der Waals surface area contributed by atoms with E-state index in [2.05, 4.69) is 6.07 Å². The second-order valence-electron chi connectivity index (χ2n) is 5.41. The fourth-order valence-corrected chi connectivity index (χ4v) is 2.37. The van der Waals surface area contributed by atoms with E-state index in [1.54, 1.807) is 0 Å². The zero-order valence-corrected chi connectivity index (χ0v) is 11.2. The molecule has 0 spiro atoms. The highest BCUT2D eigenvalue weighted by atomic mass is 16.1. The van der Waals surface area contributed by atoms with Crippen LogP contribution in [-0.2, 0) is 17.6 Å². The second kappa shape index (κ2) is 5.47. The Labute approximate surface area is 108 Å². The van der Waals surface area contributed by atoms with Crippen molar-refractivity contribution in [1.82, 2.24) is 0 Å². The summed E-state index contributed by atoms with van der Waals surface area (Å²) in [5.41, 5.74) is 3.36. The summed E-state index contributed by atoms with van der Waals surface area (Å²) >= 11 is 0. The van der Waals surface area contributed by atoms with E-state index >= 15 is 0 Å². The minimum atomic E-state index is -0.0634. The zero-order chi connectivity index (χ0) is 13.1. The number of hydrogen-bond acceptors (Lipinski definition) is 2. The van der Waals surface area contributed by atoms with Gasteiger partial charge in [0.05, 0.1) is 6.42 Å². The summed E-state index contributed by atoms with van der Waals surface area (Å²) in [5.74, 6) is -0.0774. The third kappa shape index (κ3) is 2.87. The minimum Gasteiger partial charge on any atom is -0.299 e. The highest BCUT2D eigenvalue weighted by Crippen LogP contribution is 2.22. The van der Waals surface area contributed by atoms with Gasteiger partial charge in [-0.2, -0.15) is 0 Å². The fourth-order valence-electron chi connectivity index (χ4n) is 2.37. The maximum Gasteiger partial charge on any atom is 0.170 e. The largest absolute Gasteiger partial charge is 0.299 e. The Kier molecular flexibility index (Phi) is 3.95. The Morgan fingerprint density at radius 1 is 1.11 bits per heavy atom. The van der Waals surface area contributed by atoms with Crippen LogP contribution in [0, 0.1) is 5.92 Å². The van der Waals surface area contributed by atoms with Gasteiger partial charge in [0, 0.05) is 11.5 Å². The molecule has 0 unspecified atom stereocenters. The molecule has 18 heavy (non-hydrogen) atoms. The number of carbonyl (C=O) groups excluding carboxylic acids is 2. The lowest BCUT2D eigenvalue weighted by Gasteiger charge is -2.16. The average molecular weight is 244 g/mol. The van der Waals surface area contributed by atoms with Crippen LogP contribution >= 0.6 is 0 Å². The van der Waals surface area contributed by atoms with E-state index in [1.807, 2.05) is 26.0 Å². The second-order valence-corrected chi connectivity index (χ2v) is 5.41. The molecule has 2 heteroatoms. The summed E-state index contributed by atoms with van der Waals surface area (Å²) < 4.78 is 0. The van der Waals surface area contributed by atoms with Gasteiger partial charge in [0.25, 0.3) is 0 Å². The van der Waals surface area contributed by atoms with Gasteiger partial charge >= 0.3 is 0 Å². The fraction of sp³-hybridized carbons (Fsp3) is 0.500. The average Bonchev–Trinajstić information content (AvgIpc) is 2.37. The molecule has 0 N–H and O–H groups in total.